The molecular weight excluding hydrogens is 270 g/mol. The molecule has 0 amide bonds. The van der Waals surface area contributed by atoms with E-state index in [2.05, 4.69) is 15.9 Å². The maximum Gasteiger partial charge on any atom is 0.119 e. The fourth-order valence-corrected chi connectivity index (χ4v) is 2.56. The Hall–Kier alpha value is -0.580. The summed E-state index contributed by atoms with van der Waals surface area (Å²) in [6.45, 7) is 1.45. The summed E-state index contributed by atoms with van der Waals surface area (Å²) >= 11 is 3.55. The highest BCUT2D eigenvalue weighted by atomic mass is 79.9. The van der Waals surface area contributed by atoms with E-state index in [1.165, 1.54) is 0 Å². The lowest BCUT2D eigenvalue weighted by molar-refractivity contribution is 0.0917. The second kappa shape index (κ2) is 5.17. The van der Waals surface area contributed by atoms with Crippen LogP contribution in [0.4, 0.5) is 0 Å². The highest BCUT2D eigenvalue weighted by molar-refractivity contribution is 9.10. The van der Waals surface area contributed by atoms with Crippen LogP contribution in [0, 0.1) is 5.92 Å². The maximum atomic E-state index is 5.76. The standard InChI is InChI=1S/C12H16BrNO2/c1-15-9-2-3-11(13)10(6-9)12-8(7-14)4-5-16-12/h2-3,6,8,12H,4-5,7,14H2,1H3. The minimum Gasteiger partial charge on any atom is -0.497 e. The van der Waals surface area contributed by atoms with Crippen molar-refractivity contribution in [2.75, 3.05) is 20.3 Å². The summed E-state index contributed by atoms with van der Waals surface area (Å²) in [5, 5.41) is 0. The van der Waals surface area contributed by atoms with Crippen molar-refractivity contribution < 1.29 is 9.47 Å². The molecule has 1 aromatic rings. The summed E-state index contributed by atoms with van der Waals surface area (Å²) in [4.78, 5) is 0. The van der Waals surface area contributed by atoms with E-state index in [9.17, 15) is 0 Å². The van der Waals surface area contributed by atoms with Crippen molar-refractivity contribution >= 4 is 15.9 Å². The first-order chi connectivity index (χ1) is 7.76. The Kier molecular flexibility index (Phi) is 3.84. The molecule has 1 saturated heterocycles. The number of hydrogen-bond donors (Lipinski definition) is 1. The summed E-state index contributed by atoms with van der Waals surface area (Å²) in [6.07, 6.45) is 1.12. The van der Waals surface area contributed by atoms with Gasteiger partial charge in [0.1, 0.15) is 5.75 Å². The van der Waals surface area contributed by atoms with Crippen LogP contribution in [-0.4, -0.2) is 20.3 Å². The normalized spacial score (nSPS) is 24.7. The van der Waals surface area contributed by atoms with Gasteiger partial charge in [-0.2, -0.15) is 0 Å². The third kappa shape index (κ3) is 2.24. The largest absolute Gasteiger partial charge is 0.497 e. The molecule has 2 N–H and O–H groups in total. The first-order valence-corrected chi connectivity index (χ1v) is 6.20. The molecule has 88 valence electrons. The molecule has 0 aromatic heterocycles. The number of ether oxygens (including phenoxy) is 2. The lowest BCUT2D eigenvalue weighted by atomic mass is 9.95. The summed E-state index contributed by atoms with van der Waals surface area (Å²) in [5.74, 6) is 1.26. The zero-order valence-corrected chi connectivity index (χ0v) is 10.9. The molecule has 1 heterocycles. The van der Waals surface area contributed by atoms with Crippen molar-refractivity contribution in [3.05, 3.63) is 28.2 Å². The van der Waals surface area contributed by atoms with Gasteiger partial charge in [0.25, 0.3) is 0 Å². The van der Waals surface area contributed by atoms with Crippen molar-refractivity contribution in [1.82, 2.24) is 0 Å². The topological polar surface area (TPSA) is 44.5 Å². The minimum atomic E-state index is 0.0921. The zero-order valence-electron chi connectivity index (χ0n) is 9.28. The summed E-state index contributed by atoms with van der Waals surface area (Å²) in [7, 11) is 1.67. The third-order valence-electron chi connectivity index (χ3n) is 3.03. The predicted molar refractivity (Wildman–Crippen MR) is 66.5 cm³/mol. The van der Waals surface area contributed by atoms with E-state index in [1.807, 2.05) is 18.2 Å². The second-order valence-electron chi connectivity index (χ2n) is 3.96. The van der Waals surface area contributed by atoms with Gasteiger partial charge in [-0.1, -0.05) is 15.9 Å². The fraction of sp³-hybridized carbons (Fsp3) is 0.500. The minimum absolute atomic E-state index is 0.0921. The van der Waals surface area contributed by atoms with Crippen LogP contribution in [0.25, 0.3) is 0 Å². The number of halogens is 1. The Morgan fingerprint density at radius 1 is 1.56 bits per heavy atom. The Bertz CT molecular complexity index is 370. The Labute approximate surface area is 104 Å². The number of hydrogen-bond acceptors (Lipinski definition) is 3. The van der Waals surface area contributed by atoms with Crippen LogP contribution in [0.1, 0.15) is 18.1 Å². The van der Waals surface area contributed by atoms with Crippen molar-refractivity contribution in [2.45, 2.75) is 12.5 Å². The lowest BCUT2D eigenvalue weighted by Crippen LogP contribution is -2.18. The molecule has 0 aliphatic carbocycles. The summed E-state index contributed by atoms with van der Waals surface area (Å²) in [5.41, 5.74) is 6.89. The van der Waals surface area contributed by atoms with Crippen LogP contribution in [0.3, 0.4) is 0 Å². The van der Waals surface area contributed by atoms with E-state index < -0.39 is 0 Å². The quantitative estimate of drug-likeness (QED) is 0.928. The summed E-state index contributed by atoms with van der Waals surface area (Å²) < 4.78 is 12.0. The van der Waals surface area contributed by atoms with Gasteiger partial charge in [-0.15, -0.1) is 0 Å². The van der Waals surface area contributed by atoms with Crippen molar-refractivity contribution in [2.24, 2.45) is 11.7 Å². The predicted octanol–water partition coefficient (Wildman–Crippen LogP) is 2.49. The first kappa shape index (κ1) is 11.9. The van der Waals surface area contributed by atoms with Gasteiger partial charge >= 0.3 is 0 Å². The van der Waals surface area contributed by atoms with Crippen LogP contribution in [0.15, 0.2) is 22.7 Å². The van der Waals surface area contributed by atoms with E-state index in [0.717, 1.165) is 28.8 Å². The van der Waals surface area contributed by atoms with Crippen LogP contribution < -0.4 is 10.5 Å². The molecule has 1 aliphatic rings. The third-order valence-corrected chi connectivity index (χ3v) is 3.75. The second-order valence-corrected chi connectivity index (χ2v) is 4.82. The van der Waals surface area contributed by atoms with Crippen LogP contribution in [-0.2, 0) is 4.74 Å². The van der Waals surface area contributed by atoms with E-state index >= 15 is 0 Å². The number of rotatable bonds is 3. The zero-order chi connectivity index (χ0) is 11.5. The molecule has 1 aliphatic heterocycles. The van der Waals surface area contributed by atoms with Gasteiger partial charge in [0, 0.05) is 17.0 Å². The maximum absolute atomic E-state index is 5.76. The average molecular weight is 286 g/mol. The molecule has 3 nitrogen and oxygen atoms in total. The Balaban J connectivity index is 2.31. The molecule has 4 heteroatoms. The van der Waals surface area contributed by atoms with Crippen LogP contribution >= 0.6 is 15.9 Å². The Morgan fingerprint density at radius 3 is 3.06 bits per heavy atom. The lowest BCUT2D eigenvalue weighted by Gasteiger charge is -2.19. The number of benzene rings is 1. The monoisotopic (exact) mass is 285 g/mol. The first-order valence-electron chi connectivity index (χ1n) is 5.41. The number of methoxy groups -OCH3 is 1. The van der Waals surface area contributed by atoms with Crippen molar-refractivity contribution in [3.8, 4) is 5.75 Å². The van der Waals surface area contributed by atoms with Gasteiger partial charge in [-0.3, -0.25) is 0 Å². The fourth-order valence-electron chi connectivity index (χ4n) is 2.09. The molecule has 0 radical (unpaired) electrons. The van der Waals surface area contributed by atoms with E-state index in [-0.39, 0.29) is 6.10 Å². The molecular formula is C12H16BrNO2. The molecule has 2 rings (SSSR count). The molecule has 0 bridgehead atoms. The molecule has 1 fully saturated rings. The van der Waals surface area contributed by atoms with E-state index in [4.69, 9.17) is 15.2 Å². The highest BCUT2D eigenvalue weighted by Crippen LogP contribution is 2.38. The van der Waals surface area contributed by atoms with Crippen molar-refractivity contribution in [3.63, 3.8) is 0 Å². The molecule has 1 aromatic carbocycles. The van der Waals surface area contributed by atoms with Crippen LogP contribution in [0.5, 0.6) is 5.75 Å². The molecule has 16 heavy (non-hydrogen) atoms. The SMILES string of the molecule is COc1ccc(Br)c(C2OCCC2CN)c1. The highest BCUT2D eigenvalue weighted by Gasteiger charge is 2.30. The van der Waals surface area contributed by atoms with Gasteiger partial charge in [-0.25, -0.2) is 0 Å². The number of nitrogens with two attached hydrogens (primary N) is 1. The van der Waals surface area contributed by atoms with Gasteiger partial charge in [-0.05, 0) is 36.7 Å². The Morgan fingerprint density at radius 2 is 2.38 bits per heavy atom. The van der Waals surface area contributed by atoms with Crippen molar-refractivity contribution in [1.29, 1.82) is 0 Å². The summed E-state index contributed by atoms with van der Waals surface area (Å²) in [6, 6.07) is 5.94. The average Bonchev–Trinajstić information content (AvgIpc) is 2.77. The molecule has 0 saturated carbocycles. The van der Waals surface area contributed by atoms with E-state index in [0.29, 0.717) is 12.5 Å². The molecule has 0 spiro atoms. The molecule has 2 unspecified atom stereocenters. The van der Waals surface area contributed by atoms with Gasteiger partial charge < -0.3 is 15.2 Å². The smallest absolute Gasteiger partial charge is 0.119 e. The van der Waals surface area contributed by atoms with Crippen LogP contribution in [0.2, 0.25) is 0 Å². The van der Waals surface area contributed by atoms with E-state index in [1.54, 1.807) is 7.11 Å². The van der Waals surface area contributed by atoms with Gasteiger partial charge in [0.2, 0.25) is 0 Å². The molecule has 2 atom stereocenters. The van der Waals surface area contributed by atoms with Gasteiger partial charge in [0.15, 0.2) is 0 Å². The van der Waals surface area contributed by atoms with Gasteiger partial charge in [0.05, 0.1) is 13.2 Å².